The van der Waals surface area contributed by atoms with Crippen LogP contribution in [-0.4, -0.2) is 29.1 Å². The molecule has 0 atom stereocenters. The van der Waals surface area contributed by atoms with Gasteiger partial charge in [0.2, 0.25) is 0 Å². The molecule has 0 radical (unpaired) electrons. The molecule has 258 valence electrons. The van der Waals surface area contributed by atoms with Crippen molar-refractivity contribution < 1.29 is 0 Å². The molecule has 0 amide bonds. The van der Waals surface area contributed by atoms with Crippen molar-refractivity contribution >= 4 is 109 Å². The van der Waals surface area contributed by atoms with Crippen LogP contribution in [0.2, 0.25) is 0 Å². The molecule has 0 spiro atoms. The lowest BCUT2D eigenvalue weighted by Gasteiger charge is -2.12. The summed E-state index contributed by atoms with van der Waals surface area (Å²) in [6.45, 7) is 0. The number of nitrogens with zero attached hydrogens (tertiary/aromatic N) is 6. The van der Waals surface area contributed by atoms with Crippen LogP contribution in [0.3, 0.4) is 0 Å². The van der Waals surface area contributed by atoms with Gasteiger partial charge in [-0.2, -0.15) is 0 Å². The van der Waals surface area contributed by atoms with Gasteiger partial charge in [-0.25, -0.2) is 9.97 Å². The van der Waals surface area contributed by atoms with Crippen molar-refractivity contribution in [2.24, 2.45) is 0 Å². The van der Waals surface area contributed by atoms with Crippen LogP contribution in [0.25, 0.3) is 120 Å². The predicted molar refractivity (Wildman–Crippen MR) is 231 cm³/mol. The van der Waals surface area contributed by atoms with E-state index in [0.717, 1.165) is 88.1 Å². The maximum Gasteiger partial charge on any atom is 0.156 e. The van der Waals surface area contributed by atoms with Crippen molar-refractivity contribution in [3.8, 4) is 11.6 Å². The average Bonchev–Trinajstić information content (AvgIpc) is 3.79. The summed E-state index contributed by atoms with van der Waals surface area (Å²) in [7, 11) is 0. The molecule has 56 heavy (non-hydrogen) atoms. The fourth-order valence-corrected chi connectivity index (χ4v) is 9.45. The molecule has 0 saturated carbocycles. The van der Waals surface area contributed by atoms with Crippen molar-refractivity contribution in [2.45, 2.75) is 0 Å². The molecule has 9 aromatic carbocycles. The molecule has 0 aliphatic carbocycles. The fourth-order valence-electron chi connectivity index (χ4n) is 9.45. The number of rotatable bonds is 2. The van der Waals surface area contributed by atoms with Crippen LogP contribution in [0.1, 0.15) is 0 Å². The maximum absolute atomic E-state index is 5.44. The third kappa shape index (κ3) is 3.84. The first-order valence-electron chi connectivity index (χ1n) is 18.9. The van der Waals surface area contributed by atoms with Crippen LogP contribution in [0.5, 0.6) is 0 Å². The normalized spacial score (nSPS) is 12.3. The molecule has 13 rings (SSSR count). The van der Waals surface area contributed by atoms with Gasteiger partial charge in [0.25, 0.3) is 0 Å². The molecule has 4 aromatic heterocycles. The van der Waals surface area contributed by atoms with Gasteiger partial charge in [0.1, 0.15) is 0 Å². The standard InChI is InChI=1S/C50H28N6/c1-5-17-33-29(13-1)31-15-3-7-19-35(31)49-47(33)51-27-43(53-49)55-39-23-11-9-21-37(39)45-41(55)25-26-42-46(45)38-22-10-12-24-40(38)56(42)44-28-52-48-34-18-6-2-14-30(34)32-16-4-8-20-36(32)50(48)54-44/h1-28H. The molecule has 0 unspecified atom stereocenters. The topological polar surface area (TPSA) is 61.4 Å². The van der Waals surface area contributed by atoms with Gasteiger partial charge in [0.05, 0.1) is 56.5 Å². The van der Waals surface area contributed by atoms with Crippen LogP contribution in [0.15, 0.2) is 170 Å². The van der Waals surface area contributed by atoms with Gasteiger partial charge in [0, 0.05) is 43.1 Å². The molecular formula is C50H28N6. The van der Waals surface area contributed by atoms with Crippen LogP contribution < -0.4 is 0 Å². The van der Waals surface area contributed by atoms with Crippen LogP contribution >= 0.6 is 0 Å². The summed E-state index contributed by atoms with van der Waals surface area (Å²) in [4.78, 5) is 21.2. The minimum absolute atomic E-state index is 0.784. The van der Waals surface area contributed by atoms with Crippen molar-refractivity contribution in [3.63, 3.8) is 0 Å². The molecule has 0 bridgehead atoms. The first-order chi connectivity index (χ1) is 27.8. The van der Waals surface area contributed by atoms with Crippen molar-refractivity contribution in [2.75, 3.05) is 0 Å². The minimum Gasteiger partial charge on any atom is -0.292 e. The molecule has 0 aliphatic rings. The number of hydrogen-bond donors (Lipinski definition) is 0. The van der Waals surface area contributed by atoms with Crippen LogP contribution in [-0.2, 0) is 0 Å². The fraction of sp³-hybridized carbons (Fsp3) is 0. The van der Waals surface area contributed by atoms with E-state index >= 15 is 0 Å². The van der Waals surface area contributed by atoms with Gasteiger partial charge in [-0.15, -0.1) is 0 Å². The van der Waals surface area contributed by atoms with E-state index in [0.29, 0.717) is 0 Å². The highest BCUT2D eigenvalue weighted by Crippen LogP contribution is 2.43. The summed E-state index contributed by atoms with van der Waals surface area (Å²) in [5, 5.41) is 13.8. The molecule has 0 aliphatic heterocycles. The average molecular weight is 713 g/mol. The first kappa shape index (κ1) is 29.7. The van der Waals surface area contributed by atoms with E-state index in [2.05, 4.69) is 167 Å². The minimum atomic E-state index is 0.784. The quantitative estimate of drug-likeness (QED) is 0.167. The number of benzene rings is 9. The van der Waals surface area contributed by atoms with E-state index in [1.54, 1.807) is 0 Å². The Labute approximate surface area is 318 Å². The van der Waals surface area contributed by atoms with Gasteiger partial charge in [-0.3, -0.25) is 19.1 Å². The molecule has 4 heterocycles. The highest BCUT2D eigenvalue weighted by molar-refractivity contribution is 6.29. The molecule has 0 saturated heterocycles. The van der Waals surface area contributed by atoms with Gasteiger partial charge >= 0.3 is 0 Å². The Morgan fingerprint density at radius 2 is 0.571 bits per heavy atom. The Morgan fingerprint density at radius 3 is 0.946 bits per heavy atom. The smallest absolute Gasteiger partial charge is 0.156 e. The monoisotopic (exact) mass is 712 g/mol. The second-order valence-electron chi connectivity index (χ2n) is 14.6. The molecule has 6 nitrogen and oxygen atoms in total. The zero-order chi connectivity index (χ0) is 36.5. The predicted octanol–water partition coefficient (Wildman–Crippen LogP) is 12.4. The second-order valence-corrected chi connectivity index (χ2v) is 14.6. The largest absolute Gasteiger partial charge is 0.292 e. The third-order valence-electron chi connectivity index (χ3n) is 11.8. The SMILES string of the molecule is c1ccc2c(c1)c1ccccc1c1nc(-n3c4ccccc4c4c5c6ccccc6n(-c6cnc7c8ccccc8c8ccccc8c7n6)c5ccc43)cnc21. The Balaban J connectivity index is 1.12. The molecule has 0 fully saturated rings. The molecular weight excluding hydrogens is 685 g/mol. The Bertz CT molecular complexity index is 3510. The number of hydrogen-bond acceptors (Lipinski definition) is 4. The van der Waals surface area contributed by atoms with Gasteiger partial charge in [-0.05, 0) is 45.8 Å². The van der Waals surface area contributed by atoms with E-state index in [9.17, 15) is 0 Å². The number of aromatic nitrogens is 6. The maximum atomic E-state index is 5.44. The van der Waals surface area contributed by atoms with Gasteiger partial charge in [0.15, 0.2) is 11.6 Å². The van der Waals surface area contributed by atoms with E-state index in [1.807, 2.05) is 12.4 Å². The van der Waals surface area contributed by atoms with E-state index in [-0.39, 0.29) is 0 Å². The zero-order valence-corrected chi connectivity index (χ0v) is 29.8. The summed E-state index contributed by atoms with van der Waals surface area (Å²) >= 11 is 0. The van der Waals surface area contributed by atoms with Crippen LogP contribution in [0.4, 0.5) is 0 Å². The Kier molecular flexibility index (Phi) is 5.80. The van der Waals surface area contributed by atoms with E-state index in [4.69, 9.17) is 19.9 Å². The zero-order valence-electron chi connectivity index (χ0n) is 29.8. The lowest BCUT2D eigenvalue weighted by molar-refractivity contribution is 1.07. The summed E-state index contributed by atoms with van der Waals surface area (Å²) in [6.07, 6.45) is 3.86. The second kappa shape index (κ2) is 10.9. The number of para-hydroxylation sites is 2. The molecule has 6 heteroatoms. The molecule has 0 N–H and O–H groups in total. The highest BCUT2D eigenvalue weighted by Gasteiger charge is 2.23. The van der Waals surface area contributed by atoms with Crippen LogP contribution in [0, 0.1) is 0 Å². The highest BCUT2D eigenvalue weighted by atomic mass is 15.1. The lowest BCUT2D eigenvalue weighted by atomic mass is 10.00. The van der Waals surface area contributed by atoms with E-state index < -0.39 is 0 Å². The number of fused-ring (bicyclic) bond motifs is 19. The Morgan fingerprint density at radius 1 is 0.268 bits per heavy atom. The summed E-state index contributed by atoms with van der Waals surface area (Å²) in [5.74, 6) is 1.57. The van der Waals surface area contributed by atoms with Crippen molar-refractivity contribution in [1.82, 2.24) is 29.1 Å². The van der Waals surface area contributed by atoms with Gasteiger partial charge in [-0.1, -0.05) is 133 Å². The lowest BCUT2D eigenvalue weighted by Crippen LogP contribution is -2.01. The van der Waals surface area contributed by atoms with Gasteiger partial charge < -0.3 is 0 Å². The third-order valence-corrected chi connectivity index (χ3v) is 11.8. The van der Waals surface area contributed by atoms with Crippen molar-refractivity contribution in [3.05, 3.63) is 170 Å². The van der Waals surface area contributed by atoms with Crippen molar-refractivity contribution in [1.29, 1.82) is 0 Å². The first-order valence-corrected chi connectivity index (χ1v) is 18.9. The molecule has 13 aromatic rings. The summed E-state index contributed by atoms with van der Waals surface area (Å²) in [6, 6.07) is 55.8. The Hall–Kier alpha value is -7.70. The van der Waals surface area contributed by atoms with E-state index in [1.165, 1.54) is 32.3 Å². The summed E-state index contributed by atoms with van der Waals surface area (Å²) < 4.78 is 4.55. The summed E-state index contributed by atoms with van der Waals surface area (Å²) in [5.41, 5.74) is 7.91.